The molecule has 1 aromatic carbocycles. The fourth-order valence-corrected chi connectivity index (χ4v) is 2.34. The molecule has 1 aliphatic carbocycles. The molecule has 0 amide bonds. The Morgan fingerprint density at radius 3 is 2.63 bits per heavy atom. The molecule has 19 heavy (non-hydrogen) atoms. The molecule has 0 aliphatic heterocycles. The van der Waals surface area contributed by atoms with Gasteiger partial charge < -0.3 is 4.74 Å². The lowest BCUT2D eigenvalue weighted by Gasteiger charge is -2.18. The van der Waals surface area contributed by atoms with E-state index in [1.165, 1.54) is 12.8 Å². The average Bonchev–Trinajstić information content (AvgIpc) is 2.38. The number of hydrogen-bond donors (Lipinski definition) is 0. The van der Waals surface area contributed by atoms with Crippen molar-refractivity contribution in [3.05, 3.63) is 47.5 Å². The fraction of sp³-hybridized carbons (Fsp3) is 0.471. The summed E-state index contributed by atoms with van der Waals surface area (Å²) in [6.07, 6.45) is 10.7. The van der Waals surface area contributed by atoms with E-state index in [9.17, 15) is 4.79 Å². The summed E-state index contributed by atoms with van der Waals surface area (Å²) in [6.45, 7) is 2.24. The van der Waals surface area contributed by atoms with E-state index >= 15 is 0 Å². The molecular weight excluding hydrogens is 236 g/mol. The lowest BCUT2D eigenvalue weighted by molar-refractivity contribution is 0.0283. The molecule has 2 heteroatoms. The monoisotopic (exact) mass is 258 g/mol. The molecule has 2 nitrogen and oxygen atoms in total. The minimum Gasteiger partial charge on any atom is -0.374 e. The molecule has 1 aromatic rings. The molecule has 0 radical (unpaired) electrons. The Labute approximate surface area is 115 Å². The van der Waals surface area contributed by atoms with E-state index in [1.54, 1.807) is 6.92 Å². The Hall–Kier alpha value is -1.41. The molecule has 0 saturated heterocycles. The van der Waals surface area contributed by atoms with Gasteiger partial charge in [-0.25, -0.2) is 0 Å². The highest BCUT2D eigenvalue weighted by molar-refractivity contribution is 5.93. The minimum absolute atomic E-state index is 0.110. The van der Waals surface area contributed by atoms with E-state index in [4.69, 9.17) is 4.74 Å². The van der Waals surface area contributed by atoms with Crippen molar-refractivity contribution >= 4 is 5.78 Å². The predicted molar refractivity (Wildman–Crippen MR) is 77.2 cm³/mol. The van der Waals surface area contributed by atoms with Crippen LogP contribution in [0.1, 0.15) is 54.9 Å². The number of allylic oxidation sites excluding steroid dienone is 2. The molecule has 0 fully saturated rings. The number of carbonyl (C=O) groups is 1. The van der Waals surface area contributed by atoms with Crippen LogP contribution in [-0.4, -0.2) is 11.9 Å². The van der Waals surface area contributed by atoms with Gasteiger partial charge in [0.05, 0.1) is 12.7 Å². The van der Waals surface area contributed by atoms with Crippen molar-refractivity contribution in [2.75, 3.05) is 0 Å². The predicted octanol–water partition coefficient (Wildman–Crippen LogP) is 4.29. The van der Waals surface area contributed by atoms with Gasteiger partial charge in [-0.2, -0.15) is 0 Å². The number of benzene rings is 1. The van der Waals surface area contributed by atoms with Crippen molar-refractivity contribution in [1.82, 2.24) is 0 Å². The van der Waals surface area contributed by atoms with E-state index < -0.39 is 0 Å². The summed E-state index contributed by atoms with van der Waals surface area (Å²) >= 11 is 0. The third kappa shape index (κ3) is 4.64. The summed E-state index contributed by atoms with van der Waals surface area (Å²) in [5, 5.41) is 0. The maximum Gasteiger partial charge on any atom is 0.159 e. The van der Waals surface area contributed by atoms with E-state index in [2.05, 4.69) is 12.2 Å². The average molecular weight is 258 g/mol. The first kappa shape index (κ1) is 14.0. The maximum atomic E-state index is 11.2. The first-order chi connectivity index (χ1) is 9.25. The van der Waals surface area contributed by atoms with Gasteiger partial charge in [0.15, 0.2) is 5.78 Å². The lowest BCUT2D eigenvalue weighted by Crippen LogP contribution is -2.13. The third-order valence-electron chi connectivity index (χ3n) is 3.57. The zero-order chi connectivity index (χ0) is 13.5. The van der Waals surface area contributed by atoms with Gasteiger partial charge in [0.2, 0.25) is 0 Å². The topological polar surface area (TPSA) is 26.3 Å². The van der Waals surface area contributed by atoms with Gasteiger partial charge in [-0.1, -0.05) is 36.4 Å². The number of carbonyl (C=O) groups excluding carboxylic acids is 1. The second-order valence-electron chi connectivity index (χ2n) is 5.17. The Balaban J connectivity index is 1.83. The zero-order valence-electron chi connectivity index (χ0n) is 11.6. The summed E-state index contributed by atoms with van der Waals surface area (Å²) in [6, 6.07) is 7.73. The highest BCUT2D eigenvalue weighted by atomic mass is 16.5. The van der Waals surface area contributed by atoms with Crippen LogP contribution in [0.15, 0.2) is 36.4 Å². The molecule has 0 N–H and O–H groups in total. The number of hydrogen-bond acceptors (Lipinski definition) is 2. The van der Waals surface area contributed by atoms with Crippen molar-refractivity contribution in [2.24, 2.45) is 0 Å². The second kappa shape index (κ2) is 7.25. The van der Waals surface area contributed by atoms with Crippen molar-refractivity contribution in [1.29, 1.82) is 0 Å². The largest absolute Gasteiger partial charge is 0.374 e. The third-order valence-corrected chi connectivity index (χ3v) is 3.57. The standard InChI is InChI=1S/C17H22O2/c1-14(18)16-11-9-15(10-12-16)13-19-17-7-5-3-2-4-6-8-17/h2-3,9-12,17H,4-8,13H2,1H3. The van der Waals surface area contributed by atoms with Crippen LogP contribution in [0.3, 0.4) is 0 Å². The molecule has 102 valence electrons. The van der Waals surface area contributed by atoms with E-state index in [0.717, 1.165) is 30.4 Å². The number of Topliss-reactive ketones (excluding diaryl/α,β-unsaturated/α-hetero) is 1. The van der Waals surface area contributed by atoms with Crippen LogP contribution in [-0.2, 0) is 11.3 Å². The molecule has 0 bridgehead atoms. The zero-order valence-corrected chi connectivity index (χ0v) is 11.6. The van der Waals surface area contributed by atoms with E-state index in [0.29, 0.717) is 12.7 Å². The fourth-order valence-electron chi connectivity index (χ4n) is 2.34. The quantitative estimate of drug-likeness (QED) is 0.594. The summed E-state index contributed by atoms with van der Waals surface area (Å²) < 4.78 is 5.99. The molecule has 1 unspecified atom stereocenters. The van der Waals surface area contributed by atoms with Gasteiger partial charge in [0.25, 0.3) is 0 Å². The SMILES string of the molecule is CC(=O)c1ccc(COC2CCC=CCCC2)cc1. The summed E-state index contributed by atoms with van der Waals surface area (Å²) in [5.74, 6) is 0.110. The molecule has 0 heterocycles. The second-order valence-corrected chi connectivity index (χ2v) is 5.17. The minimum atomic E-state index is 0.110. The molecule has 0 saturated carbocycles. The number of ketones is 1. The van der Waals surface area contributed by atoms with Gasteiger partial charge in [-0.05, 0) is 44.6 Å². The van der Waals surface area contributed by atoms with Crippen molar-refractivity contribution in [3.8, 4) is 0 Å². The summed E-state index contributed by atoms with van der Waals surface area (Å²) in [4.78, 5) is 11.2. The number of rotatable bonds is 4. The maximum absolute atomic E-state index is 11.2. The van der Waals surface area contributed by atoms with Crippen LogP contribution in [0, 0.1) is 0 Å². The smallest absolute Gasteiger partial charge is 0.159 e. The molecule has 0 spiro atoms. The molecule has 1 atom stereocenters. The van der Waals surface area contributed by atoms with Crippen molar-refractivity contribution in [2.45, 2.75) is 51.7 Å². The van der Waals surface area contributed by atoms with Crippen molar-refractivity contribution < 1.29 is 9.53 Å². The van der Waals surface area contributed by atoms with Gasteiger partial charge in [-0.15, -0.1) is 0 Å². The molecule has 2 rings (SSSR count). The summed E-state index contributed by atoms with van der Waals surface area (Å²) in [7, 11) is 0. The van der Waals surface area contributed by atoms with E-state index in [-0.39, 0.29) is 5.78 Å². The van der Waals surface area contributed by atoms with E-state index in [1.807, 2.05) is 24.3 Å². The van der Waals surface area contributed by atoms with Crippen LogP contribution >= 0.6 is 0 Å². The first-order valence-electron chi connectivity index (χ1n) is 7.12. The molecular formula is C17H22O2. The van der Waals surface area contributed by atoms with Gasteiger partial charge in [0, 0.05) is 5.56 Å². The highest BCUT2D eigenvalue weighted by Crippen LogP contribution is 2.17. The van der Waals surface area contributed by atoms with Crippen LogP contribution in [0.5, 0.6) is 0 Å². The van der Waals surface area contributed by atoms with Crippen LogP contribution in [0.4, 0.5) is 0 Å². The Morgan fingerprint density at radius 1 is 1.16 bits per heavy atom. The summed E-state index contributed by atoms with van der Waals surface area (Å²) in [5.41, 5.74) is 1.91. The first-order valence-corrected chi connectivity index (χ1v) is 7.12. The number of ether oxygens (including phenoxy) is 1. The normalized spacial score (nSPS) is 19.7. The Morgan fingerprint density at radius 2 is 1.89 bits per heavy atom. The lowest BCUT2D eigenvalue weighted by atomic mass is 10.0. The van der Waals surface area contributed by atoms with Crippen LogP contribution < -0.4 is 0 Å². The van der Waals surface area contributed by atoms with Gasteiger partial charge in [-0.3, -0.25) is 4.79 Å². The molecule has 1 aliphatic rings. The van der Waals surface area contributed by atoms with Crippen molar-refractivity contribution in [3.63, 3.8) is 0 Å². The Kier molecular flexibility index (Phi) is 5.34. The molecule has 0 aromatic heterocycles. The van der Waals surface area contributed by atoms with Crippen LogP contribution in [0.2, 0.25) is 0 Å². The van der Waals surface area contributed by atoms with Gasteiger partial charge in [0.1, 0.15) is 0 Å². The van der Waals surface area contributed by atoms with Gasteiger partial charge >= 0.3 is 0 Å². The Bertz CT molecular complexity index is 431. The van der Waals surface area contributed by atoms with Crippen LogP contribution in [0.25, 0.3) is 0 Å². The highest BCUT2D eigenvalue weighted by Gasteiger charge is 2.10.